The lowest BCUT2D eigenvalue weighted by molar-refractivity contribution is -0.122. The van der Waals surface area contributed by atoms with Crippen LogP contribution in [-0.4, -0.2) is 26.8 Å². The van der Waals surface area contributed by atoms with Crippen LogP contribution in [0.15, 0.2) is 59.5 Å². The van der Waals surface area contributed by atoms with E-state index in [2.05, 4.69) is 31.3 Å². The zero-order chi connectivity index (χ0) is 17.8. The van der Waals surface area contributed by atoms with E-state index in [1.165, 1.54) is 0 Å². The Kier molecular flexibility index (Phi) is 5.14. The van der Waals surface area contributed by atoms with Crippen LogP contribution in [0.3, 0.4) is 0 Å². The molecule has 1 aromatic carbocycles. The van der Waals surface area contributed by atoms with Gasteiger partial charge in [0.15, 0.2) is 6.10 Å². The van der Waals surface area contributed by atoms with Crippen molar-refractivity contribution in [3.05, 3.63) is 65.0 Å². The number of hydrogen-bond acceptors (Lipinski definition) is 4. The van der Waals surface area contributed by atoms with Crippen LogP contribution in [0.5, 0.6) is 5.88 Å². The van der Waals surface area contributed by atoms with Crippen molar-refractivity contribution < 1.29 is 9.53 Å². The molecular weight excluding hydrogens is 384 g/mol. The number of amides is 1. The monoisotopic (exact) mass is 400 g/mol. The average molecular weight is 401 g/mol. The number of carbonyl (C=O) groups excluding carboxylic acids is 1. The van der Waals surface area contributed by atoms with Gasteiger partial charge in [-0.1, -0.05) is 18.2 Å². The highest BCUT2D eigenvalue weighted by Crippen LogP contribution is 2.25. The number of aromatic nitrogens is 3. The molecule has 0 fully saturated rings. The second kappa shape index (κ2) is 7.48. The second-order valence-corrected chi connectivity index (χ2v) is 6.36. The highest BCUT2D eigenvalue weighted by Gasteiger charge is 2.19. The molecule has 2 aromatic heterocycles. The minimum Gasteiger partial charge on any atom is -0.463 e. The zero-order valence-corrected chi connectivity index (χ0v) is 15.4. The van der Waals surface area contributed by atoms with Crippen molar-refractivity contribution in [2.45, 2.75) is 20.0 Å². The summed E-state index contributed by atoms with van der Waals surface area (Å²) >= 11 is 3.42. The number of hydrogen-bond donors (Lipinski definition) is 1. The van der Waals surface area contributed by atoms with Crippen LogP contribution < -0.4 is 10.1 Å². The molecule has 3 aromatic rings. The number of anilines is 1. The van der Waals surface area contributed by atoms with E-state index in [0.29, 0.717) is 16.0 Å². The standard InChI is InChI=1S/C18H17BrN4O2/c1-12-8-9-20-10-16(12)21-17(24)13(2)25-18-15(19)11-23(22-18)14-6-4-3-5-7-14/h3-11,13H,1-2H3,(H,21,24)/t13-/m1/s1. The summed E-state index contributed by atoms with van der Waals surface area (Å²) in [5.74, 6) is 0.0895. The van der Waals surface area contributed by atoms with Crippen molar-refractivity contribution >= 4 is 27.5 Å². The van der Waals surface area contributed by atoms with Gasteiger partial charge in [0, 0.05) is 12.4 Å². The topological polar surface area (TPSA) is 69.0 Å². The van der Waals surface area contributed by atoms with E-state index in [4.69, 9.17) is 4.74 Å². The van der Waals surface area contributed by atoms with Gasteiger partial charge in [0.05, 0.1) is 22.0 Å². The maximum absolute atomic E-state index is 12.3. The number of nitrogens with one attached hydrogen (secondary N) is 1. The molecular formula is C18H17BrN4O2. The SMILES string of the molecule is Cc1ccncc1NC(=O)[C@@H](C)Oc1nn(-c2ccccc2)cc1Br. The quantitative estimate of drug-likeness (QED) is 0.707. The number of nitrogens with zero attached hydrogens (tertiary/aromatic N) is 3. The second-order valence-electron chi connectivity index (χ2n) is 5.50. The summed E-state index contributed by atoms with van der Waals surface area (Å²) in [7, 11) is 0. The molecule has 0 saturated carbocycles. The summed E-state index contributed by atoms with van der Waals surface area (Å²) in [5.41, 5.74) is 2.50. The number of pyridine rings is 1. The summed E-state index contributed by atoms with van der Waals surface area (Å²) in [6, 6.07) is 11.5. The Morgan fingerprint density at radius 2 is 2.04 bits per heavy atom. The van der Waals surface area contributed by atoms with Crippen molar-refractivity contribution in [2.24, 2.45) is 0 Å². The fraction of sp³-hybridized carbons (Fsp3) is 0.167. The Hall–Kier alpha value is -2.67. The van der Waals surface area contributed by atoms with Gasteiger partial charge in [-0.15, -0.1) is 5.10 Å². The van der Waals surface area contributed by atoms with Gasteiger partial charge in [0.2, 0.25) is 5.88 Å². The van der Waals surface area contributed by atoms with Gasteiger partial charge in [-0.05, 0) is 53.5 Å². The third-order valence-electron chi connectivity index (χ3n) is 3.61. The Balaban J connectivity index is 1.71. The van der Waals surface area contributed by atoms with Crippen LogP contribution in [0.25, 0.3) is 5.69 Å². The van der Waals surface area contributed by atoms with Crippen LogP contribution in [-0.2, 0) is 4.79 Å². The fourth-order valence-corrected chi connectivity index (χ4v) is 2.55. The predicted octanol–water partition coefficient (Wildman–Crippen LogP) is 3.74. The first kappa shape index (κ1) is 17.2. The van der Waals surface area contributed by atoms with Crippen LogP contribution in [0.1, 0.15) is 12.5 Å². The molecule has 25 heavy (non-hydrogen) atoms. The van der Waals surface area contributed by atoms with Gasteiger partial charge in [-0.2, -0.15) is 0 Å². The Labute approximate surface area is 154 Å². The van der Waals surface area contributed by atoms with Gasteiger partial charge in [-0.3, -0.25) is 9.78 Å². The van der Waals surface area contributed by atoms with Gasteiger partial charge in [0.1, 0.15) is 0 Å². The molecule has 0 saturated heterocycles. The van der Waals surface area contributed by atoms with Crippen LogP contribution in [0.2, 0.25) is 0 Å². The Morgan fingerprint density at radius 1 is 1.28 bits per heavy atom. The van der Waals surface area contributed by atoms with Crippen molar-refractivity contribution in [3.63, 3.8) is 0 Å². The first-order valence-corrected chi connectivity index (χ1v) is 8.52. The Bertz CT molecular complexity index is 880. The molecule has 0 aliphatic heterocycles. The average Bonchev–Trinajstić information content (AvgIpc) is 2.98. The molecule has 1 N–H and O–H groups in total. The molecule has 2 heterocycles. The summed E-state index contributed by atoms with van der Waals surface area (Å²) in [6.45, 7) is 3.58. The highest BCUT2D eigenvalue weighted by atomic mass is 79.9. The maximum atomic E-state index is 12.3. The molecule has 128 valence electrons. The van der Waals surface area contributed by atoms with E-state index in [1.54, 1.807) is 30.2 Å². The normalized spacial score (nSPS) is 11.8. The molecule has 1 atom stereocenters. The smallest absolute Gasteiger partial charge is 0.265 e. The lowest BCUT2D eigenvalue weighted by atomic mass is 10.2. The van der Waals surface area contributed by atoms with E-state index in [9.17, 15) is 4.79 Å². The zero-order valence-electron chi connectivity index (χ0n) is 13.8. The number of halogens is 1. The summed E-state index contributed by atoms with van der Waals surface area (Å²) < 4.78 is 8.07. The summed E-state index contributed by atoms with van der Waals surface area (Å²) in [6.07, 6.45) is 4.37. The predicted molar refractivity (Wildman–Crippen MR) is 99.0 cm³/mol. The van der Waals surface area contributed by atoms with Crippen LogP contribution in [0.4, 0.5) is 5.69 Å². The van der Waals surface area contributed by atoms with Gasteiger partial charge in [-0.25, -0.2) is 4.68 Å². The molecule has 3 rings (SSSR count). The first-order chi connectivity index (χ1) is 12.0. The third-order valence-corrected chi connectivity index (χ3v) is 4.16. The molecule has 0 bridgehead atoms. The molecule has 6 nitrogen and oxygen atoms in total. The number of ether oxygens (including phenoxy) is 1. The fourth-order valence-electron chi connectivity index (χ4n) is 2.18. The van der Waals surface area contributed by atoms with Crippen LogP contribution >= 0.6 is 15.9 Å². The van der Waals surface area contributed by atoms with Crippen LogP contribution in [0, 0.1) is 6.92 Å². The van der Waals surface area contributed by atoms with Crippen molar-refractivity contribution in [2.75, 3.05) is 5.32 Å². The molecule has 7 heteroatoms. The summed E-state index contributed by atoms with van der Waals surface area (Å²) in [5, 5.41) is 7.19. The summed E-state index contributed by atoms with van der Waals surface area (Å²) in [4.78, 5) is 16.4. The molecule has 1 amide bonds. The van der Waals surface area contributed by atoms with Gasteiger partial charge < -0.3 is 10.1 Å². The highest BCUT2D eigenvalue weighted by molar-refractivity contribution is 9.10. The molecule has 0 aliphatic rings. The number of carbonyl (C=O) groups is 1. The minimum absolute atomic E-state index is 0.266. The van der Waals surface area contributed by atoms with Gasteiger partial charge in [0.25, 0.3) is 5.91 Å². The molecule has 0 aliphatic carbocycles. The van der Waals surface area contributed by atoms with Crippen molar-refractivity contribution in [1.29, 1.82) is 0 Å². The van der Waals surface area contributed by atoms with E-state index >= 15 is 0 Å². The largest absolute Gasteiger partial charge is 0.463 e. The number of rotatable bonds is 5. The number of para-hydroxylation sites is 1. The van der Waals surface area contributed by atoms with Crippen molar-refractivity contribution in [3.8, 4) is 11.6 Å². The molecule has 0 spiro atoms. The van der Waals surface area contributed by atoms with E-state index in [-0.39, 0.29) is 5.91 Å². The maximum Gasteiger partial charge on any atom is 0.265 e. The number of benzene rings is 1. The molecule has 0 radical (unpaired) electrons. The van der Waals surface area contributed by atoms with Crippen molar-refractivity contribution in [1.82, 2.24) is 14.8 Å². The van der Waals surface area contributed by atoms with Gasteiger partial charge >= 0.3 is 0 Å². The first-order valence-electron chi connectivity index (χ1n) is 7.73. The molecule has 0 unspecified atom stereocenters. The van der Waals surface area contributed by atoms with E-state index < -0.39 is 6.10 Å². The van der Waals surface area contributed by atoms with E-state index in [1.807, 2.05) is 43.3 Å². The number of aryl methyl sites for hydroxylation is 1. The third kappa shape index (κ3) is 4.06. The Morgan fingerprint density at radius 3 is 2.76 bits per heavy atom. The minimum atomic E-state index is -0.713. The lowest BCUT2D eigenvalue weighted by Gasteiger charge is -2.14. The van der Waals surface area contributed by atoms with E-state index in [0.717, 1.165) is 11.3 Å². The lowest BCUT2D eigenvalue weighted by Crippen LogP contribution is -2.30.